The number of piperidine rings is 1. The molecule has 1 fully saturated rings. The van der Waals surface area contributed by atoms with Crippen LogP contribution in [0.15, 0.2) is 59.6 Å². The minimum atomic E-state index is -0.190. The molecule has 0 bridgehead atoms. The number of guanidine groups is 1. The molecule has 0 spiro atoms. The fraction of sp³-hybridized carbons (Fsp3) is 0.381. The number of nitrogens with zero attached hydrogens (tertiary/aromatic N) is 2. The van der Waals surface area contributed by atoms with Gasteiger partial charge in [0.15, 0.2) is 5.96 Å². The van der Waals surface area contributed by atoms with Crippen molar-refractivity contribution < 1.29 is 4.39 Å². The van der Waals surface area contributed by atoms with Gasteiger partial charge < -0.3 is 10.6 Å². The van der Waals surface area contributed by atoms with E-state index in [1.807, 2.05) is 6.07 Å². The molecule has 1 heterocycles. The fourth-order valence-corrected chi connectivity index (χ4v) is 3.29. The molecule has 2 aromatic carbocycles. The molecule has 0 radical (unpaired) electrons. The standard InChI is InChI=1S/C21H27FN4.HI/c1-23-21(24-15-18-9-5-6-10-20(18)22)25-19-11-13-26(14-12-19)16-17-7-3-2-4-8-17;/h2-10,19H,11-16H2,1H3,(H2,23,24,25);1H. The maximum absolute atomic E-state index is 13.7. The average Bonchev–Trinajstić information content (AvgIpc) is 2.68. The smallest absolute Gasteiger partial charge is 0.191 e. The number of hydrogen-bond donors (Lipinski definition) is 2. The van der Waals surface area contributed by atoms with Crippen molar-refractivity contribution in [2.45, 2.75) is 32.0 Å². The molecule has 1 aliphatic heterocycles. The Kier molecular flexibility index (Phi) is 9.00. The average molecular weight is 482 g/mol. The van der Waals surface area contributed by atoms with E-state index in [2.05, 4.69) is 50.9 Å². The first kappa shape index (κ1) is 21.6. The molecule has 146 valence electrons. The van der Waals surface area contributed by atoms with E-state index >= 15 is 0 Å². The highest BCUT2D eigenvalue weighted by Crippen LogP contribution is 2.14. The summed E-state index contributed by atoms with van der Waals surface area (Å²) in [6, 6.07) is 17.8. The molecule has 0 saturated carbocycles. The summed E-state index contributed by atoms with van der Waals surface area (Å²) in [5.74, 6) is 0.541. The number of aliphatic imine (C=N–C) groups is 1. The predicted octanol–water partition coefficient (Wildman–Crippen LogP) is 3.77. The molecule has 1 aliphatic rings. The third kappa shape index (κ3) is 6.77. The molecular weight excluding hydrogens is 454 g/mol. The first-order valence-electron chi connectivity index (χ1n) is 9.21. The number of benzene rings is 2. The van der Waals surface area contributed by atoms with Crippen LogP contribution in [0, 0.1) is 5.82 Å². The van der Waals surface area contributed by atoms with Gasteiger partial charge in [-0.15, -0.1) is 24.0 Å². The Morgan fingerprint density at radius 1 is 1.07 bits per heavy atom. The van der Waals surface area contributed by atoms with Gasteiger partial charge in [-0.25, -0.2) is 4.39 Å². The summed E-state index contributed by atoms with van der Waals surface area (Å²) in [5.41, 5.74) is 2.01. The number of rotatable bonds is 5. The van der Waals surface area contributed by atoms with Crippen molar-refractivity contribution >= 4 is 29.9 Å². The highest BCUT2D eigenvalue weighted by molar-refractivity contribution is 14.0. The van der Waals surface area contributed by atoms with Crippen LogP contribution in [-0.4, -0.2) is 37.0 Å². The van der Waals surface area contributed by atoms with Gasteiger partial charge in [-0.2, -0.15) is 0 Å². The summed E-state index contributed by atoms with van der Waals surface area (Å²) >= 11 is 0. The Labute approximate surface area is 178 Å². The number of halogens is 2. The third-order valence-corrected chi connectivity index (χ3v) is 4.81. The van der Waals surface area contributed by atoms with Crippen LogP contribution in [0.5, 0.6) is 0 Å². The van der Waals surface area contributed by atoms with E-state index in [0.29, 0.717) is 18.2 Å². The molecule has 0 unspecified atom stereocenters. The molecule has 3 rings (SSSR count). The quantitative estimate of drug-likeness (QED) is 0.387. The fourth-order valence-electron chi connectivity index (χ4n) is 3.29. The van der Waals surface area contributed by atoms with Crippen molar-refractivity contribution in [1.29, 1.82) is 0 Å². The minimum Gasteiger partial charge on any atom is -0.354 e. The summed E-state index contributed by atoms with van der Waals surface area (Å²) in [5, 5.41) is 6.68. The third-order valence-electron chi connectivity index (χ3n) is 4.81. The van der Waals surface area contributed by atoms with Crippen molar-refractivity contribution in [1.82, 2.24) is 15.5 Å². The van der Waals surface area contributed by atoms with E-state index in [1.165, 1.54) is 11.6 Å². The van der Waals surface area contributed by atoms with Gasteiger partial charge in [0, 0.05) is 44.8 Å². The van der Waals surface area contributed by atoms with Crippen LogP contribution in [0.4, 0.5) is 4.39 Å². The van der Waals surface area contributed by atoms with Crippen molar-refractivity contribution in [3.8, 4) is 0 Å². The maximum atomic E-state index is 13.7. The van der Waals surface area contributed by atoms with E-state index in [-0.39, 0.29) is 29.8 Å². The molecule has 0 atom stereocenters. The van der Waals surface area contributed by atoms with Crippen LogP contribution < -0.4 is 10.6 Å². The lowest BCUT2D eigenvalue weighted by Gasteiger charge is -2.33. The number of hydrogen-bond acceptors (Lipinski definition) is 2. The van der Waals surface area contributed by atoms with Gasteiger partial charge in [-0.1, -0.05) is 48.5 Å². The lowest BCUT2D eigenvalue weighted by molar-refractivity contribution is 0.198. The first-order chi connectivity index (χ1) is 12.7. The predicted molar refractivity (Wildman–Crippen MR) is 120 cm³/mol. The molecule has 6 heteroatoms. The zero-order chi connectivity index (χ0) is 18.2. The molecule has 27 heavy (non-hydrogen) atoms. The minimum absolute atomic E-state index is 0. The zero-order valence-corrected chi connectivity index (χ0v) is 18.0. The van der Waals surface area contributed by atoms with Crippen LogP contribution in [0.3, 0.4) is 0 Å². The van der Waals surface area contributed by atoms with E-state index in [1.54, 1.807) is 19.2 Å². The van der Waals surface area contributed by atoms with Crippen molar-refractivity contribution in [3.05, 3.63) is 71.5 Å². The SMILES string of the molecule is CN=C(NCc1ccccc1F)NC1CCN(Cc2ccccc2)CC1.I. The van der Waals surface area contributed by atoms with Gasteiger partial charge in [0.25, 0.3) is 0 Å². The monoisotopic (exact) mass is 482 g/mol. The largest absolute Gasteiger partial charge is 0.354 e. The maximum Gasteiger partial charge on any atom is 0.191 e. The molecule has 1 saturated heterocycles. The van der Waals surface area contributed by atoms with Crippen LogP contribution in [0.25, 0.3) is 0 Å². The highest BCUT2D eigenvalue weighted by Gasteiger charge is 2.20. The second kappa shape index (κ2) is 11.2. The second-order valence-corrected chi connectivity index (χ2v) is 6.70. The lowest BCUT2D eigenvalue weighted by Crippen LogP contribution is -2.48. The number of likely N-dealkylation sites (tertiary alicyclic amines) is 1. The van der Waals surface area contributed by atoms with E-state index in [0.717, 1.165) is 38.4 Å². The summed E-state index contributed by atoms with van der Waals surface area (Å²) in [7, 11) is 1.75. The Bertz CT molecular complexity index is 715. The summed E-state index contributed by atoms with van der Waals surface area (Å²) in [6.07, 6.45) is 2.15. The molecule has 0 aliphatic carbocycles. The topological polar surface area (TPSA) is 39.7 Å². The highest BCUT2D eigenvalue weighted by atomic mass is 127. The van der Waals surface area contributed by atoms with E-state index in [9.17, 15) is 4.39 Å². The van der Waals surface area contributed by atoms with Crippen LogP contribution in [0.1, 0.15) is 24.0 Å². The Morgan fingerprint density at radius 2 is 1.74 bits per heavy atom. The zero-order valence-electron chi connectivity index (χ0n) is 15.7. The van der Waals surface area contributed by atoms with Gasteiger partial charge in [0.2, 0.25) is 0 Å². The first-order valence-corrected chi connectivity index (χ1v) is 9.21. The van der Waals surface area contributed by atoms with Gasteiger partial charge in [-0.3, -0.25) is 9.89 Å². The van der Waals surface area contributed by atoms with Crippen molar-refractivity contribution in [2.24, 2.45) is 4.99 Å². The summed E-state index contributed by atoms with van der Waals surface area (Å²) < 4.78 is 13.7. The van der Waals surface area contributed by atoms with Gasteiger partial charge in [0.05, 0.1) is 0 Å². The normalized spacial score (nSPS) is 15.9. The molecule has 0 aromatic heterocycles. The van der Waals surface area contributed by atoms with Crippen molar-refractivity contribution in [2.75, 3.05) is 20.1 Å². The Hall–Kier alpha value is -1.67. The van der Waals surface area contributed by atoms with Gasteiger partial charge in [0.1, 0.15) is 5.82 Å². The van der Waals surface area contributed by atoms with Crippen LogP contribution >= 0.6 is 24.0 Å². The second-order valence-electron chi connectivity index (χ2n) is 6.70. The Balaban J connectivity index is 0.00000261. The Morgan fingerprint density at radius 3 is 2.41 bits per heavy atom. The van der Waals surface area contributed by atoms with Crippen molar-refractivity contribution in [3.63, 3.8) is 0 Å². The molecule has 2 N–H and O–H groups in total. The summed E-state index contributed by atoms with van der Waals surface area (Å²) in [4.78, 5) is 6.76. The van der Waals surface area contributed by atoms with Gasteiger partial charge in [-0.05, 0) is 24.5 Å². The molecule has 4 nitrogen and oxygen atoms in total. The summed E-state index contributed by atoms with van der Waals surface area (Å²) in [6.45, 7) is 3.57. The van der Waals surface area contributed by atoms with Gasteiger partial charge >= 0.3 is 0 Å². The van der Waals surface area contributed by atoms with E-state index < -0.39 is 0 Å². The number of nitrogens with one attached hydrogen (secondary N) is 2. The van der Waals surface area contributed by atoms with E-state index in [4.69, 9.17) is 0 Å². The lowest BCUT2D eigenvalue weighted by atomic mass is 10.0. The molecule has 2 aromatic rings. The van der Waals surface area contributed by atoms with Crippen LogP contribution in [-0.2, 0) is 13.1 Å². The van der Waals surface area contributed by atoms with Crippen LogP contribution in [0.2, 0.25) is 0 Å². The molecule has 0 amide bonds. The molecular formula is C21H28FIN4.